The molecule has 0 spiro atoms. The number of hydrogen-bond acceptors (Lipinski definition) is 7. The number of carboxylic acid groups (broad SMARTS) is 1. The van der Waals surface area contributed by atoms with Crippen molar-refractivity contribution < 1.29 is 42.9 Å². The van der Waals surface area contributed by atoms with E-state index in [2.05, 4.69) is 74.6 Å². The molecule has 0 aliphatic rings. The second kappa shape index (κ2) is 44.6. The lowest BCUT2D eigenvalue weighted by Gasteiger charge is -2.25. The highest BCUT2D eigenvalue weighted by atomic mass is 16.7. The predicted molar refractivity (Wildman–Crippen MR) is 258 cm³/mol. The van der Waals surface area contributed by atoms with E-state index in [0.29, 0.717) is 23.9 Å². The average Bonchev–Trinajstić information content (AvgIpc) is 3.23. The van der Waals surface area contributed by atoms with Gasteiger partial charge < -0.3 is 28.5 Å². The fraction of sp³-hybridized carbons (Fsp3) is 0.755. The standard InChI is InChI=1S/C53H93NO8/c1-6-8-10-12-14-16-18-20-22-24-25-26-28-29-31-33-35-37-39-41-43-50(55)60-47-49(48-61-53(52(57)58)59-46-45-54(3,4)5)62-51(56)44-42-40-38-36-34-32-30-27-23-21-19-17-15-13-11-9-7-2/h9,11,15,17,21,23,30,32,36,38,49,53H,6-8,10,12-14,16,18-20,22,24-29,31,33-35,37,39-48H2,1-5H3/p+1/b11-9-,17-15-,23-21-,32-30-,38-36-. The maximum atomic E-state index is 12.8. The highest BCUT2D eigenvalue weighted by molar-refractivity contribution is 5.71. The molecular weight excluding hydrogens is 779 g/mol. The first-order valence-electron chi connectivity index (χ1n) is 25.0. The molecule has 1 N–H and O–H groups in total. The fourth-order valence-electron chi connectivity index (χ4n) is 6.70. The van der Waals surface area contributed by atoms with E-state index >= 15 is 0 Å². The average molecular weight is 873 g/mol. The number of aliphatic carboxylic acids is 1. The molecule has 0 radical (unpaired) electrons. The van der Waals surface area contributed by atoms with E-state index in [4.69, 9.17) is 18.9 Å². The van der Waals surface area contributed by atoms with Crippen molar-refractivity contribution in [3.05, 3.63) is 60.8 Å². The molecule has 0 rings (SSSR count). The summed E-state index contributed by atoms with van der Waals surface area (Å²) in [5.41, 5.74) is 0. The Balaban J connectivity index is 4.42. The largest absolute Gasteiger partial charge is 0.477 e. The Kier molecular flexibility index (Phi) is 42.4. The summed E-state index contributed by atoms with van der Waals surface area (Å²) in [6.45, 7) is 4.70. The van der Waals surface area contributed by atoms with Crippen LogP contribution in [0.3, 0.4) is 0 Å². The molecule has 0 heterocycles. The first-order chi connectivity index (χ1) is 30.1. The summed E-state index contributed by atoms with van der Waals surface area (Å²) in [6.07, 6.45) is 51.5. The number of rotatable bonds is 45. The van der Waals surface area contributed by atoms with E-state index in [0.717, 1.165) is 57.8 Å². The van der Waals surface area contributed by atoms with Gasteiger partial charge in [0.15, 0.2) is 6.10 Å². The van der Waals surface area contributed by atoms with Gasteiger partial charge in [-0.2, -0.15) is 0 Å². The van der Waals surface area contributed by atoms with Crippen molar-refractivity contribution in [1.29, 1.82) is 0 Å². The number of ether oxygens (including phenoxy) is 4. The molecule has 2 atom stereocenters. The zero-order chi connectivity index (χ0) is 45.6. The summed E-state index contributed by atoms with van der Waals surface area (Å²) >= 11 is 0. The maximum Gasteiger partial charge on any atom is 0.361 e. The number of likely N-dealkylation sites (N-methyl/N-ethyl adjacent to an activating group) is 1. The second-order valence-corrected chi connectivity index (χ2v) is 17.8. The van der Waals surface area contributed by atoms with Crippen LogP contribution in [0.4, 0.5) is 0 Å². The monoisotopic (exact) mass is 873 g/mol. The third kappa shape index (κ3) is 45.0. The van der Waals surface area contributed by atoms with Crippen LogP contribution >= 0.6 is 0 Å². The first-order valence-corrected chi connectivity index (χ1v) is 25.0. The van der Waals surface area contributed by atoms with E-state index in [-0.39, 0.29) is 32.2 Å². The first kappa shape index (κ1) is 59.0. The summed E-state index contributed by atoms with van der Waals surface area (Å²) in [4.78, 5) is 37.2. The van der Waals surface area contributed by atoms with Crippen LogP contribution in [-0.4, -0.2) is 87.4 Å². The van der Waals surface area contributed by atoms with Gasteiger partial charge in [-0.05, 0) is 51.4 Å². The molecule has 0 fully saturated rings. The van der Waals surface area contributed by atoms with Gasteiger partial charge in [0.1, 0.15) is 13.2 Å². The van der Waals surface area contributed by atoms with Crippen LogP contribution in [0.5, 0.6) is 0 Å². The number of hydrogen-bond donors (Lipinski definition) is 1. The Bertz CT molecular complexity index is 1200. The minimum atomic E-state index is -1.52. The zero-order valence-corrected chi connectivity index (χ0v) is 40.5. The van der Waals surface area contributed by atoms with Gasteiger partial charge in [0.2, 0.25) is 0 Å². The van der Waals surface area contributed by atoms with E-state index in [1.54, 1.807) is 0 Å². The second-order valence-electron chi connectivity index (χ2n) is 17.8. The van der Waals surface area contributed by atoms with Crippen LogP contribution in [0.15, 0.2) is 60.8 Å². The molecular formula is C53H94NO8+. The number of allylic oxidation sites excluding steroid dienone is 10. The Morgan fingerprint density at radius 1 is 0.500 bits per heavy atom. The Morgan fingerprint density at radius 3 is 1.35 bits per heavy atom. The Hall–Kier alpha value is -3.01. The normalized spacial score (nSPS) is 13.4. The lowest BCUT2D eigenvalue weighted by atomic mass is 10.0. The molecule has 0 aliphatic carbocycles. The van der Waals surface area contributed by atoms with Crippen molar-refractivity contribution in [3.63, 3.8) is 0 Å². The quantitative estimate of drug-likeness (QED) is 0.0212. The molecule has 62 heavy (non-hydrogen) atoms. The number of carbonyl (C=O) groups excluding carboxylic acids is 2. The molecule has 0 saturated heterocycles. The van der Waals surface area contributed by atoms with Crippen molar-refractivity contribution in [3.8, 4) is 0 Å². The summed E-state index contributed by atoms with van der Waals surface area (Å²) in [5.74, 6) is -2.08. The Morgan fingerprint density at radius 2 is 0.919 bits per heavy atom. The Labute approximate surface area is 380 Å². The van der Waals surface area contributed by atoms with Crippen LogP contribution in [0.2, 0.25) is 0 Å². The van der Waals surface area contributed by atoms with Gasteiger partial charge in [-0.3, -0.25) is 9.59 Å². The lowest BCUT2D eigenvalue weighted by molar-refractivity contribution is -0.870. The fourth-order valence-corrected chi connectivity index (χ4v) is 6.70. The molecule has 0 aromatic rings. The molecule has 9 nitrogen and oxygen atoms in total. The molecule has 0 aliphatic heterocycles. The summed E-state index contributed by atoms with van der Waals surface area (Å²) < 4.78 is 22.7. The lowest BCUT2D eigenvalue weighted by Crippen LogP contribution is -2.40. The van der Waals surface area contributed by atoms with Gasteiger partial charge in [-0.25, -0.2) is 4.79 Å². The van der Waals surface area contributed by atoms with Crippen molar-refractivity contribution in [2.45, 2.75) is 212 Å². The zero-order valence-electron chi connectivity index (χ0n) is 40.5. The topological polar surface area (TPSA) is 108 Å². The van der Waals surface area contributed by atoms with Gasteiger partial charge in [0, 0.05) is 12.8 Å². The van der Waals surface area contributed by atoms with Crippen LogP contribution < -0.4 is 0 Å². The highest BCUT2D eigenvalue weighted by Gasteiger charge is 2.25. The minimum Gasteiger partial charge on any atom is -0.477 e. The van der Waals surface area contributed by atoms with Gasteiger partial charge in [0.25, 0.3) is 6.29 Å². The van der Waals surface area contributed by atoms with Gasteiger partial charge in [0.05, 0.1) is 34.4 Å². The summed E-state index contributed by atoms with van der Waals surface area (Å²) in [5, 5.41) is 9.66. The molecule has 0 bridgehead atoms. The summed E-state index contributed by atoms with van der Waals surface area (Å²) in [6, 6.07) is 0. The van der Waals surface area contributed by atoms with E-state index in [1.165, 1.54) is 109 Å². The molecule has 358 valence electrons. The van der Waals surface area contributed by atoms with Crippen molar-refractivity contribution >= 4 is 17.9 Å². The van der Waals surface area contributed by atoms with Gasteiger partial charge >= 0.3 is 17.9 Å². The van der Waals surface area contributed by atoms with Gasteiger partial charge in [-0.1, -0.05) is 197 Å². The van der Waals surface area contributed by atoms with E-state index in [1.807, 2.05) is 21.1 Å². The van der Waals surface area contributed by atoms with Crippen molar-refractivity contribution in [2.75, 3.05) is 47.5 Å². The molecule has 2 unspecified atom stereocenters. The molecule has 0 aromatic carbocycles. The van der Waals surface area contributed by atoms with Crippen LogP contribution in [-0.2, 0) is 33.3 Å². The number of quaternary nitrogens is 1. The van der Waals surface area contributed by atoms with Crippen LogP contribution in [0, 0.1) is 0 Å². The number of esters is 2. The summed E-state index contributed by atoms with van der Waals surface area (Å²) in [7, 11) is 5.94. The SMILES string of the molecule is CC/C=C\C/C=C\C/C=C\C/C=C\C/C=C\CCCC(=O)OC(COC(=O)CCCCCCCCCCCCCCCCCCCCCC)COC(OCC[N+](C)(C)C)C(=O)O. The van der Waals surface area contributed by atoms with E-state index in [9.17, 15) is 19.5 Å². The molecule has 0 aromatic heterocycles. The van der Waals surface area contributed by atoms with Crippen LogP contribution in [0.25, 0.3) is 0 Å². The highest BCUT2D eigenvalue weighted by Crippen LogP contribution is 2.16. The number of carboxylic acids is 1. The van der Waals surface area contributed by atoms with Crippen molar-refractivity contribution in [1.82, 2.24) is 0 Å². The van der Waals surface area contributed by atoms with Gasteiger partial charge in [-0.15, -0.1) is 0 Å². The van der Waals surface area contributed by atoms with Crippen LogP contribution in [0.1, 0.15) is 200 Å². The third-order valence-corrected chi connectivity index (χ3v) is 10.5. The number of nitrogens with zero attached hydrogens (tertiary/aromatic N) is 1. The predicted octanol–water partition coefficient (Wildman–Crippen LogP) is 13.7. The molecule has 9 heteroatoms. The third-order valence-electron chi connectivity index (χ3n) is 10.5. The minimum absolute atomic E-state index is 0.176. The molecule has 0 saturated carbocycles. The number of carbonyl (C=O) groups is 3. The maximum absolute atomic E-state index is 12.8. The number of unbranched alkanes of at least 4 members (excludes halogenated alkanes) is 20. The molecule has 0 amide bonds. The smallest absolute Gasteiger partial charge is 0.361 e. The van der Waals surface area contributed by atoms with E-state index < -0.39 is 24.3 Å². The van der Waals surface area contributed by atoms with Crippen molar-refractivity contribution in [2.24, 2.45) is 0 Å².